The summed E-state index contributed by atoms with van der Waals surface area (Å²) in [6, 6.07) is 8.21. The van der Waals surface area contributed by atoms with Crippen LogP contribution in [0, 0.1) is 18.3 Å². The predicted octanol–water partition coefficient (Wildman–Crippen LogP) is 1.44. The number of benzene rings is 1. The number of aromatic nitrogens is 1. The Labute approximate surface area is 120 Å². The third-order valence-corrected chi connectivity index (χ3v) is 6.08. The second-order valence-electron chi connectivity index (χ2n) is 4.06. The Kier molecular flexibility index (Phi) is 3.65. The minimum Gasteiger partial charge on any atom is -0.315 e. The Morgan fingerprint density at radius 2 is 2.10 bits per heavy atom. The molecule has 8 heteroatoms. The zero-order valence-electron chi connectivity index (χ0n) is 10.7. The molecular formula is C12H11N3O3S2. The van der Waals surface area contributed by atoms with Gasteiger partial charge in [-0.05, 0) is 25.1 Å². The minimum atomic E-state index is -3.82. The van der Waals surface area contributed by atoms with Gasteiger partial charge in [0.05, 0.1) is 17.3 Å². The van der Waals surface area contributed by atoms with Crippen molar-refractivity contribution in [3.63, 3.8) is 0 Å². The SMILES string of the molecule is Cc1[nH]c(=O)sc1S(=O)(=O)N(C)c1cccc(C#N)c1. The van der Waals surface area contributed by atoms with Crippen LogP contribution >= 0.6 is 11.3 Å². The molecule has 2 rings (SSSR count). The summed E-state index contributed by atoms with van der Waals surface area (Å²) in [7, 11) is -2.43. The Hall–Kier alpha value is -2.11. The van der Waals surface area contributed by atoms with Gasteiger partial charge in [-0.15, -0.1) is 0 Å². The molecule has 0 aliphatic heterocycles. The number of anilines is 1. The lowest BCUT2D eigenvalue weighted by Crippen LogP contribution is -2.26. The molecule has 0 fully saturated rings. The molecule has 0 saturated heterocycles. The fraction of sp³-hybridized carbons (Fsp3) is 0.167. The number of nitriles is 1. The number of rotatable bonds is 3. The highest BCUT2D eigenvalue weighted by Gasteiger charge is 2.26. The highest BCUT2D eigenvalue weighted by atomic mass is 32.2. The summed E-state index contributed by atoms with van der Waals surface area (Å²) in [6.07, 6.45) is 0. The molecule has 0 aliphatic rings. The van der Waals surface area contributed by atoms with Crippen LogP contribution in [0.4, 0.5) is 5.69 Å². The monoisotopic (exact) mass is 309 g/mol. The van der Waals surface area contributed by atoms with Gasteiger partial charge in [-0.1, -0.05) is 17.4 Å². The predicted molar refractivity (Wildman–Crippen MR) is 76.4 cm³/mol. The molecule has 0 bridgehead atoms. The van der Waals surface area contributed by atoms with E-state index >= 15 is 0 Å². The van der Waals surface area contributed by atoms with Crippen LogP contribution in [-0.2, 0) is 10.0 Å². The van der Waals surface area contributed by atoms with E-state index < -0.39 is 14.9 Å². The van der Waals surface area contributed by atoms with E-state index in [1.807, 2.05) is 6.07 Å². The van der Waals surface area contributed by atoms with Crippen molar-refractivity contribution >= 4 is 27.0 Å². The second-order valence-corrected chi connectivity index (χ2v) is 7.21. The maximum absolute atomic E-state index is 12.5. The van der Waals surface area contributed by atoms with Gasteiger partial charge in [0, 0.05) is 12.7 Å². The lowest BCUT2D eigenvalue weighted by molar-refractivity contribution is 0.595. The molecule has 0 spiro atoms. The van der Waals surface area contributed by atoms with E-state index in [1.54, 1.807) is 18.2 Å². The number of aromatic amines is 1. The molecule has 0 atom stereocenters. The first-order chi connectivity index (χ1) is 9.36. The van der Waals surface area contributed by atoms with Gasteiger partial charge in [0.1, 0.15) is 0 Å². The molecule has 0 radical (unpaired) electrons. The Balaban J connectivity index is 2.51. The summed E-state index contributed by atoms with van der Waals surface area (Å²) in [4.78, 5) is 13.3. The van der Waals surface area contributed by atoms with Crippen LogP contribution in [0.5, 0.6) is 0 Å². The normalized spacial score (nSPS) is 11.1. The number of sulfonamides is 1. The molecule has 104 valence electrons. The number of hydrogen-bond acceptors (Lipinski definition) is 5. The maximum atomic E-state index is 12.5. The average molecular weight is 309 g/mol. The molecule has 0 amide bonds. The Morgan fingerprint density at radius 1 is 1.40 bits per heavy atom. The van der Waals surface area contributed by atoms with Crippen LogP contribution in [0.25, 0.3) is 0 Å². The standard InChI is InChI=1S/C12H11N3O3S2/c1-8-11(19-12(16)14-8)20(17,18)15(2)10-5-3-4-9(6-10)7-13/h3-6H,1-2H3,(H,14,16). The first-order valence-electron chi connectivity index (χ1n) is 5.55. The molecule has 1 aromatic carbocycles. The van der Waals surface area contributed by atoms with E-state index in [1.165, 1.54) is 20.0 Å². The molecule has 1 N–H and O–H groups in total. The third kappa shape index (κ3) is 2.45. The van der Waals surface area contributed by atoms with Crippen LogP contribution in [0.3, 0.4) is 0 Å². The number of nitrogens with zero attached hydrogens (tertiary/aromatic N) is 2. The number of aryl methyl sites for hydroxylation is 1. The van der Waals surface area contributed by atoms with E-state index in [4.69, 9.17) is 5.26 Å². The van der Waals surface area contributed by atoms with Crippen molar-refractivity contribution in [3.8, 4) is 6.07 Å². The summed E-state index contributed by atoms with van der Waals surface area (Å²) < 4.78 is 26.0. The summed E-state index contributed by atoms with van der Waals surface area (Å²) in [5.74, 6) is 0. The smallest absolute Gasteiger partial charge is 0.306 e. The lowest BCUT2D eigenvalue weighted by Gasteiger charge is -2.18. The van der Waals surface area contributed by atoms with Crippen molar-refractivity contribution in [2.45, 2.75) is 11.1 Å². The van der Waals surface area contributed by atoms with Gasteiger partial charge in [-0.25, -0.2) is 8.42 Å². The number of hydrogen-bond donors (Lipinski definition) is 1. The van der Waals surface area contributed by atoms with E-state index in [9.17, 15) is 13.2 Å². The lowest BCUT2D eigenvalue weighted by atomic mass is 10.2. The average Bonchev–Trinajstić information content (AvgIpc) is 2.77. The molecule has 1 aromatic heterocycles. The van der Waals surface area contributed by atoms with Gasteiger partial charge in [-0.3, -0.25) is 9.10 Å². The Morgan fingerprint density at radius 3 is 2.65 bits per heavy atom. The number of nitrogens with one attached hydrogen (secondary N) is 1. The fourth-order valence-electron chi connectivity index (χ4n) is 1.67. The van der Waals surface area contributed by atoms with Crippen molar-refractivity contribution in [2.75, 3.05) is 11.4 Å². The third-order valence-electron chi connectivity index (χ3n) is 2.71. The van der Waals surface area contributed by atoms with Crippen LogP contribution in [0.2, 0.25) is 0 Å². The van der Waals surface area contributed by atoms with Gasteiger partial charge in [0.25, 0.3) is 10.0 Å². The molecule has 0 unspecified atom stereocenters. The zero-order chi connectivity index (χ0) is 14.9. The molecule has 0 aliphatic carbocycles. The second kappa shape index (κ2) is 5.11. The van der Waals surface area contributed by atoms with Crippen molar-refractivity contribution in [1.82, 2.24) is 4.98 Å². The molecule has 6 nitrogen and oxygen atoms in total. The van der Waals surface area contributed by atoms with Crippen molar-refractivity contribution in [3.05, 3.63) is 45.2 Å². The first kappa shape index (κ1) is 14.3. The molecule has 0 saturated carbocycles. The summed E-state index contributed by atoms with van der Waals surface area (Å²) in [5.41, 5.74) is 1.04. The highest BCUT2D eigenvalue weighted by Crippen LogP contribution is 2.25. The topological polar surface area (TPSA) is 94.0 Å². The first-order valence-corrected chi connectivity index (χ1v) is 7.80. The molecule has 1 heterocycles. The molecule has 20 heavy (non-hydrogen) atoms. The number of H-pyrrole nitrogens is 1. The van der Waals surface area contributed by atoms with E-state index in [2.05, 4.69) is 4.98 Å². The molecule has 2 aromatic rings. The van der Waals surface area contributed by atoms with Gasteiger partial charge >= 0.3 is 4.87 Å². The van der Waals surface area contributed by atoms with Crippen molar-refractivity contribution < 1.29 is 8.42 Å². The van der Waals surface area contributed by atoms with Gasteiger partial charge in [-0.2, -0.15) is 5.26 Å². The van der Waals surface area contributed by atoms with Gasteiger partial charge in [0.2, 0.25) is 0 Å². The zero-order valence-corrected chi connectivity index (χ0v) is 12.4. The van der Waals surface area contributed by atoms with E-state index in [-0.39, 0.29) is 4.21 Å². The van der Waals surface area contributed by atoms with Crippen molar-refractivity contribution in [2.24, 2.45) is 0 Å². The van der Waals surface area contributed by atoms with Crippen LogP contribution < -0.4 is 9.18 Å². The highest BCUT2D eigenvalue weighted by molar-refractivity contribution is 7.94. The van der Waals surface area contributed by atoms with E-state index in [0.717, 1.165) is 4.31 Å². The quantitative estimate of drug-likeness (QED) is 0.928. The Bertz CT molecular complexity index is 843. The summed E-state index contributed by atoms with van der Waals surface area (Å²) in [6.45, 7) is 1.53. The van der Waals surface area contributed by atoms with Crippen LogP contribution in [0.1, 0.15) is 11.3 Å². The minimum absolute atomic E-state index is 0.0210. The largest absolute Gasteiger partial charge is 0.315 e. The summed E-state index contributed by atoms with van der Waals surface area (Å²) in [5, 5.41) is 8.85. The maximum Gasteiger partial charge on any atom is 0.306 e. The van der Waals surface area contributed by atoms with Gasteiger partial charge in [0.15, 0.2) is 4.21 Å². The van der Waals surface area contributed by atoms with Crippen LogP contribution in [-0.4, -0.2) is 20.4 Å². The summed E-state index contributed by atoms with van der Waals surface area (Å²) >= 11 is 0.649. The van der Waals surface area contributed by atoms with Crippen LogP contribution in [0.15, 0.2) is 33.3 Å². The van der Waals surface area contributed by atoms with E-state index in [0.29, 0.717) is 28.3 Å². The van der Waals surface area contributed by atoms with Crippen molar-refractivity contribution in [1.29, 1.82) is 5.26 Å². The number of thiazole rings is 1. The molecular weight excluding hydrogens is 298 g/mol. The van der Waals surface area contributed by atoms with Gasteiger partial charge < -0.3 is 4.98 Å². The fourth-order valence-corrected chi connectivity index (χ4v) is 4.31.